The Morgan fingerprint density at radius 1 is 1.67 bits per heavy atom. The van der Waals surface area contributed by atoms with Crippen LogP contribution in [0.25, 0.3) is 0 Å². The zero-order valence-electron chi connectivity index (χ0n) is 3.48. The smallest absolute Gasteiger partial charge is 0.246 e. The van der Waals surface area contributed by atoms with Crippen molar-refractivity contribution in [1.82, 2.24) is 0 Å². The summed E-state index contributed by atoms with van der Waals surface area (Å²) in [5.41, 5.74) is 0. The Bertz CT molecular complexity index is 20.8. The van der Waals surface area contributed by atoms with Crippen molar-refractivity contribution in [2.75, 3.05) is 13.2 Å². The molecule has 1 N–H and O–H groups in total. The summed E-state index contributed by atoms with van der Waals surface area (Å²) < 4.78 is 4.43. The molecule has 0 atom stereocenters. The summed E-state index contributed by atoms with van der Waals surface area (Å²) in [4.78, 5) is 0. The highest BCUT2D eigenvalue weighted by atomic mass is 28.2. The number of hydrogen-bond acceptors (Lipinski definition) is 2. The molecule has 0 rings (SSSR count). The fraction of sp³-hybridized carbons (Fsp3) is 1.00. The summed E-state index contributed by atoms with van der Waals surface area (Å²) in [7, 11) is 2.78. The maximum atomic E-state index is 8.10. The summed E-state index contributed by atoms with van der Waals surface area (Å²) in [5.74, 6) is 0. The first kappa shape index (κ1) is 6.14. The third-order valence-corrected chi connectivity index (χ3v) is 0.609. The summed E-state index contributed by atoms with van der Waals surface area (Å²) in [6.07, 6.45) is 0.698. The third kappa shape index (κ3) is 4.14. The van der Waals surface area contributed by atoms with E-state index in [1.165, 1.54) is 0 Å². The lowest BCUT2D eigenvalue weighted by atomic mass is 10.5. The molecule has 3 radical (unpaired) electrons. The normalized spacial score (nSPS) is 9.00. The van der Waals surface area contributed by atoms with Crippen LogP contribution >= 0.6 is 0 Å². The topological polar surface area (TPSA) is 29.5 Å². The Morgan fingerprint density at radius 3 is 2.50 bits per heavy atom. The van der Waals surface area contributed by atoms with Gasteiger partial charge in [-0.05, 0) is 6.42 Å². The molecular weight excluding hydrogens is 96.1 g/mol. The molecule has 0 fully saturated rings. The number of hydrogen-bond donors (Lipinski definition) is 1. The Labute approximate surface area is 40.7 Å². The minimum absolute atomic E-state index is 0.199. The van der Waals surface area contributed by atoms with Gasteiger partial charge in [-0.25, -0.2) is 0 Å². The zero-order chi connectivity index (χ0) is 4.83. The monoisotopic (exact) mass is 103 g/mol. The standard InChI is InChI=1S/C3H7O2Si/c4-2-1-3-5-6/h4H,1-3H2. The molecule has 0 amide bonds. The van der Waals surface area contributed by atoms with Crippen molar-refractivity contribution >= 4 is 10.5 Å². The van der Waals surface area contributed by atoms with Crippen LogP contribution < -0.4 is 0 Å². The van der Waals surface area contributed by atoms with Crippen LogP contribution in [-0.2, 0) is 4.43 Å². The summed E-state index contributed by atoms with van der Waals surface area (Å²) in [6, 6.07) is 0. The molecule has 2 nitrogen and oxygen atoms in total. The van der Waals surface area contributed by atoms with Gasteiger partial charge in [0.2, 0.25) is 10.5 Å². The molecule has 6 heavy (non-hydrogen) atoms. The Kier molecular flexibility index (Phi) is 5.25. The van der Waals surface area contributed by atoms with Crippen molar-refractivity contribution in [2.24, 2.45) is 0 Å². The third-order valence-electron chi connectivity index (χ3n) is 0.405. The van der Waals surface area contributed by atoms with Crippen molar-refractivity contribution in [1.29, 1.82) is 0 Å². The zero-order valence-corrected chi connectivity index (χ0v) is 4.48. The summed E-state index contributed by atoms with van der Waals surface area (Å²) >= 11 is 0. The SMILES string of the molecule is OCCCO[Si]. The molecular formula is C3H7O2Si. The van der Waals surface area contributed by atoms with Gasteiger partial charge in [0.25, 0.3) is 0 Å². The second-order valence-corrected chi connectivity index (χ2v) is 1.21. The maximum absolute atomic E-state index is 8.10. The fourth-order valence-corrected chi connectivity index (χ4v) is 0.281. The average molecular weight is 103 g/mol. The predicted octanol–water partition coefficient (Wildman–Crippen LogP) is -0.531. The summed E-state index contributed by atoms with van der Waals surface area (Å²) in [5, 5.41) is 8.10. The highest BCUT2D eigenvalue weighted by Crippen LogP contribution is 1.72. The van der Waals surface area contributed by atoms with Crippen molar-refractivity contribution in [2.45, 2.75) is 6.42 Å². The Balaban J connectivity index is 2.34. The quantitative estimate of drug-likeness (QED) is 0.384. The fourth-order valence-electron chi connectivity index (χ4n) is 0.137. The lowest BCUT2D eigenvalue weighted by molar-refractivity contribution is 0.243. The van der Waals surface area contributed by atoms with E-state index < -0.39 is 0 Å². The second-order valence-electron chi connectivity index (χ2n) is 0.926. The van der Waals surface area contributed by atoms with Crippen LogP contribution in [-0.4, -0.2) is 28.8 Å². The van der Waals surface area contributed by atoms with E-state index in [0.29, 0.717) is 13.0 Å². The first-order chi connectivity index (χ1) is 2.91. The molecule has 0 aliphatic carbocycles. The molecule has 0 aromatic rings. The molecule has 0 heterocycles. The van der Waals surface area contributed by atoms with Crippen molar-refractivity contribution in [3.8, 4) is 0 Å². The highest BCUT2D eigenvalue weighted by molar-refractivity contribution is 5.97. The minimum Gasteiger partial charge on any atom is -0.419 e. The van der Waals surface area contributed by atoms with Gasteiger partial charge in [-0.2, -0.15) is 0 Å². The van der Waals surface area contributed by atoms with Gasteiger partial charge in [0, 0.05) is 13.2 Å². The molecule has 35 valence electrons. The van der Waals surface area contributed by atoms with Gasteiger partial charge < -0.3 is 9.53 Å². The molecule has 0 aliphatic heterocycles. The average Bonchev–Trinajstić information content (AvgIpc) is 1.61. The maximum Gasteiger partial charge on any atom is 0.246 e. The minimum atomic E-state index is 0.199. The van der Waals surface area contributed by atoms with E-state index in [2.05, 4.69) is 14.9 Å². The van der Waals surface area contributed by atoms with Gasteiger partial charge in [0.05, 0.1) is 0 Å². The molecule has 0 aliphatic rings. The van der Waals surface area contributed by atoms with Gasteiger partial charge >= 0.3 is 0 Å². The molecule has 0 saturated heterocycles. The van der Waals surface area contributed by atoms with E-state index in [1.54, 1.807) is 0 Å². The van der Waals surface area contributed by atoms with Crippen LogP contribution in [0, 0.1) is 0 Å². The van der Waals surface area contributed by atoms with E-state index in [0.717, 1.165) is 0 Å². The lowest BCUT2D eigenvalue weighted by Gasteiger charge is -1.89. The van der Waals surface area contributed by atoms with Gasteiger partial charge in [-0.3, -0.25) is 0 Å². The first-order valence-electron chi connectivity index (χ1n) is 1.81. The molecule has 0 bridgehead atoms. The lowest BCUT2D eigenvalue weighted by Crippen LogP contribution is -1.91. The van der Waals surface area contributed by atoms with Crippen LogP contribution in [0.3, 0.4) is 0 Å². The number of aliphatic hydroxyl groups is 1. The Hall–Kier alpha value is 0.137. The molecule has 3 heteroatoms. The molecule has 0 aromatic heterocycles. The number of aliphatic hydroxyl groups excluding tert-OH is 1. The van der Waals surface area contributed by atoms with Crippen LogP contribution in [0.2, 0.25) is 0 Å². The van der Waals surface area contributed by atoms with Crippen molar-refractivity contribution in [3.63, 3.8) is 0 Å². The van der Waals surface area contributed by atoms with Crippen LogP contribution in [0.5, 0.6) is 0 Å². The molecule has 0 saturated carbocycles. The van der Waals surface area contributed by atoms with E-state index >= 15 is 0 Å². The second kappa shape index (κ2) is 5.14. The van der Waals surface area contributed by atoms with Crippen LogP contribution in [0.15, 0.2) is 0 Å². The predicted molar refractivity (Wildman–Crippen MR) is 23.4 cm³/mol. The van der Waals surface area contributed by atoms with Gasteiger partial charge in [-0.1, -0.05) is 0 Å². The van der Waals surface area contributed by atoms with E-state index in [1.807, 2.05) is 0 Å². The van der Waals surface area contributed by atoms with Gasteiger partial charge in [0.15, 0.2) is 0 Å². The van der Waals surface area contributed by atoms with Crippen LogP contribution in [0.4, 0.5) is 0 Å². The molecule has 0 aromatic carbocycles. The molecule has 0 spiro atoms. The van der Waals surface area contributed by atoms with Gasteiger partial charge in [-0.15, -0.1) is 0 Å². The largest absolute Gasteiger partial charge is 0.419 e. The van der Waals surface area contributed by atoms with Gasteiger partial charge in [0.1, 0.15) is 0 Å². The van der Waals surface area contributed by atoms with Crippen molar-refractivity contribution in [3.05, 3.63) is 0 Å². The summed E-state index contributed by atoms with van der Waals surface area (Å²) in [6.45, 7) is 0.776. The van der Waals surface area contributed by atoms with Crippen molar-refractivity contribution < 1.29 is 9.53 Å². The first-order valence-corrected chi connectivity index (χ1v) is 2.22. The molecule has 0 unspecified atom stereocenters. The number of rotatable bonds is 3. The Morgan fingerprint density at radius 2 is 2.33 bits per heavy atom. The highest BCUT2D eigenvalue weighted by Gasteiger charge is 1.75. The van der Waals surface area contributed by atoms with Crippen LogP contribution in [0.1, 0.15) is 6.42 Å². The van der Waals surface area contributed by atoms with E-state index in [9.17, 15) is 0 Å². The van der Waals surface area contributed by atoms with E-state index in [-0.39, 0.29) is 6.61 Å². The van der Waals surface area contributed by atoms with E-state index in [4.69, 9.17) is 5.11 Å².